The molecule has 0 aliphatic carbocycles. The van der Waals surface area contributed by atoms with Crippen molar-refractivity contribution >= 4 is 15.9 Å². The minimum absolute atomic E-state index is 0.128. The fourth-order valence-electron chi connectivity index (χ4n) is 1.72. The number of methoxy groups -OCH3 is 1. The Morgan fingerprint density at radius 3 is 2.29 bits per heavy atom. The van der Waals surface area contributed by atoms with Crippen molar-refractivity contribution in [2.75, 3.05) is 7.11 Å². The molecule has 0 bridgehead atoms. The first-order valence-electron chi connectivity index (χ1n) is 5.36. The summed E-state index contributed by atoms with van der Waals surface area (Å²) < 4.78 is 6.16. The van der Waals surface area contributed by atoms with Crippen LogP contribution in [-0.4, -0.2) is 7.11 Å². The van der Waals surface area contributed by atoms with E-state index in [1.807, 2.05) is 48.5 Å². The molecule has 88 valence electrons. The summed E-state index contributed by atoms with van der Waals surface area (Å²) >= 11 is 3.52. The maximum atomic E-state index is 6.24. The monoisotopic (exact) mass is 291 g/mol. The lowest BCUT2D eigenvalue weighted by molar-refractivity contribution is 0.414. The zero-order chi connectivity index (χ0) is 12.3. The van der Waals surface area contributed by atoms with Gasteiger partial charge in [0.05, 0.1) is 13.2 Å². The van der Waals surface area contributed by atoms with Gasteiger partial charge in [-0.3, -0.25) is 0 Å². The molecule has 3 heteroatoms. The van der Waals surface area contributed by atoms with E-state index in [9.17, 15) is 0 Å². The lowest BCUT2D eigenvalue weighted by Crippen LogP contribution is -2.12. The molecule has 0 aliphatic rings. The second kappa shape index (κ2) is 5.34. The van der Waals surface area contributed by atoms with Gasteiger partial charge >= 0.3 is 0 Å². The predicted octanol–water partition coefficient (Wildman–Crippen LogP) is 3.51. The highest BCUT2D eigenvalue weighted by Crippen LogP contribution is 2.27. The summed E-state index contributed by atoms with van der Waals surface area (Å²) in [6.45, 7) is 0. The van der Waals surface area contributed by atoms with E-state index in [1.165, 1.54) is 0 Å². The first kappa shape index (κ1) is 12.1. The van der Waals surface area contributed by atoms with Gasteiger partial charge in [0.1, 0.15) is 5.75 Å². The van der Waals surface area contributed by atoms with Gasteiger partial charge in [0.25, 0.3) is 0 Å². The Bertz CT molecular complexity index is 496. The van der Waals surface area contributed by atoms with E-state index >= 15 is 0 Å². The Balaban J connectivity index is 2.30. The first-order valence-corrected chi connectivity index (χ1v) is 6.15. The van der Waals surface area contributed by atoms with Crippen molar-refractivity contribution in [1.82, 2.24) is 0 Å². The summed E-state index contributed by atoms with van der Waals surface area (Å²) in [7, 11) is 1.66. The van der Waals surface area contributed by atoms with Crippen molar-refractivity contribution in [3.05, 3.63) is 64.1 Å². The molecular formula is C14H14BrNO. The smallest absolute Gasteiger partial charge is 0.118 e. The molecule has 0 saturated carbocycles. The number of halogens is 1. The number of hydrogen-bond acceptors (Lipinski definition) is 2. The number of ether oxygens (including phenoxy) is 1. The van der Waals surface area contributed by atoms with Crippen molar-refractivity contribution in [3.63, 3.8) is 0 Å². The largest absolute Gasteiger partial charge is 0.497 e. The van der Waals surface area contributed by atoms with Gasteiger partial charge in [-0.1, -0.05) is 46.3 Å². The number of rotatable bonds is 3. The van der Waals surface area contributed by atoms with Gasteiger partial charge in [-0.05, 0) is 29.3 Å². The summed E-state index contributed by atoms with van der Waals surface area (Å²) in [6.07, 6.45) is 0. The van der Waals surface area contributed by atoms with Crippen molar-refractivity contribution < 1.29 is 4.74 Å². The zero-order valence-electron chi connectivity index (χ0n) is 9.56. The van der Waals surface area contributed by atoms with E-state index in [0.717, 1.165) is 21.3 Å². The van der Waals surface area contributed by atoms with Gasteiger partial charge in [-0.25, -0.2) is 0 Å². The predicted molar refractivity (Wildman–Crippen MR) is 73.2 cm³/mol. The Kier molecular flexibility index (Phi) is 3.82. The van der Waals surface area contributed by atoms with Crippen LogP contribution in [0.2, 0.25) is 0 Å². The Morgan fingerprint density at radius 1 is 1.06 bits per heavy atom. The maximum Gasteiger partial charge on any atom is 0.118 e. The molecule has 17 heavy (non-hydrogen) atoms. The number of nitrogens with two attached hydrogens (primary N) is 1. The van der Waals surface area contributed by atoms with Crippen LogP contribution in [-0.2, 0) is 0 Å². The average molecular weight is 292 g/mol. The minimum Gasteiger partial charge on any atom is -0.497 e. The summed E-state index contributed by atoms with van der Waals surface area (Å²) in [4.78, 5) is 0. The molecule has 2 N–H and O–H groups in total. The highest BCUT2D eigenvalue weighted by Gasteiger charge is 2.11. The fourth-order valence-corrected chi connectivity index (χ4v) is 2.25. The van der Waals surface area contributed by atoms with E-state index in [-0.39, 0.29) is 6.04 Å². The van der Waals surface area contributed by atoms with Crippen LogP contribution in [0.4, 0.5) is 0 Å². The minimum atomic E-state index is -0.128. The molecule has 1 unspecified atom stereocenters. The van der Waals surface area contributed by atoms with E-state index in [4.69, 9.17) is 10.5 Å². The van der Waals surface area contributed by atoms with Gasteiger partial charge in [0.15, 0.2) is 0 Å². The van der Waals surface area contributed by atoms with E-state index in [2.05, 4.69) is 15.9 Å². The first-order chi connectivity index (χ1) is 8.22. The second-order valence-electron chi connectivity index (χ2n) is 3.77. The van der Waals surface area contributed by atoms with Crippen LogP contribution in [0.1, 0.15) is 17.2 Å². The van der Waals surface area contributed by atoms with Crippen LogP contribution in [0.15, 0.2) is 53.0 Å². The van der Waals surface area contributed by atoms with Crippen LogP contribution < -0.4 is 10.5 Å². The highest BCUT2D eigenvalue weighted by atomic mass is 79.9. The third kappa shape index (κ3) is 2.68. The topological polar surface area (TPSA) is 35.2 Å². The number of benzene rings is 2. The molecule has 0 heterocycles. The molecule has 0 aliphatic heterocycles. The summed E-state index contributed by atoms with van der Waals surface area (Å²) in [5, 5.41) is 0. The van der Waals surface area contributed by atoms with Gasteiger partial charge in [0.2, 0.25) is 0 Å². The molecular weight excluding hydrogens is 278 g/mol. The van der Waals surface area contributed by atoms with Crippen LogP contribution in [0, 0.1) is 0 Å². The molecule has 0 aromatic heterocycles. The summed E-state index contributed by atoms with van der Waals surface area (Å²) in [5.41, 5.74) is 8.39. The van der Waals surface area contributed by atoms with Crippen LogP contribution in [0.3, 0.4) is 0 Å². The third-order valence-electron chi connectivity index (χ3n) is 2.72. The molecule has 0 amide bonds. The molecule has 0 radical (unpaired) electrons. The standard InChI is InChI=1S/C14H14BrNO/c1-17-11-8-6-10(7-9-11)14(16)12-4-2-3-5-13(12)15/h2-9,14H,16H2,1H3. The number of hydrogen-bond donors (Lipinski definition) is 1. The van der Waals surface area contributed by atoms with Gasteiger partial charge in [-0.15, -0.1) is 0 Å². The van der Waals surface area contributed by atoms with Gasteiger partial charge < -0.3 is 10.5 Å². The zero-order valence-corrected chi connectivity index (χ0v) is 11.1. The molecule has 2 rings (SSSR count). The molecule has 0 fully saturated rings. The molecule has 0 saturated heterocycles. The average Bonchev–Trinajstić information content (AvgIpc) is 2.39. The molecule has 2 aromatic rings. The van der Waals surface area contributed by atoms with Gasteiger partial charge in [-0.2, -0.15) is 0 Å². The van der Waals surface area contributed by atoms with Crippen LogP contribution in [0.25, 0.3) is 0 Å². The van der Waals surface area contributed by atoms with E-state index in [0.29, 0.717) is 0 Å². The molecule has 0 spiro atoms. The Hall–Kier alpha value is -1.32. The van der Waals surface area contributed by atoms with Crippen LogP contribution >= 0.6 is 15.9 Å². The normalized spacial score (nSPS) is 12.2. The quantitative estimate of drug-likeness (QED) is 0.939. The van der Waals surface area contributed by atoms with Gasteiger partial charge in [0, 0.05) is 4.47 Å². The van der Waals surface area contributed by atoms with E-state index < -0.39 is 0 Å². The lowest BCUT2D eigenvalue weighted by atomic mass is 10.00. The molecule has 2 aromatic carbocycles. The fraction of sp³-hybridized carbons (Fsp3) is 0.143. The third-order valence-corrected chi connectivity index (χ3v) is 3.44. The lowest BCUT2D eigenvalue weighted by Gasteiger charge is -2.14. The molecule has 1 atom stereocenters. The van der Waals surface area contributed by atoms with Crippen molar-refractivity contribution in [2.45, 2.75) is 6.04 Å². The summed E-state index contributed by atoms with van der Waals surface area (Å²) in [6, 6.07) is 15.7. The maximum absolute atomic E-state index is 6.24. The van der Waals surface area contributed by atoms with Crippen LogP contribution in [0.5, 0.6) is 5.75 Å². The summed E-state index contributed by atoms with van der Waals surface area (Å²) in [5.74, 6) is 0.841. The highest BCUT2D eigenvalue weighted by molar-refractivity contribution is 9.10. The second-order valence-corrected chi connectivity index (χ2v) is 4.63. The van der Waals surface area contributed by atoms with E-state index in [1.54, 1.807) is 7.11 Å². The van der Waals surface area contributed by atoms with Crippen molar-refractivity contribution in [3.8, 4) is 5.75 Å². The molecule has 2 nitrogen and oxygen atoms in total. The SMILES string of the molecule is COc1ccc(C(N)c2ccccc2Br)cc1. The van der Waals surface area contributed by atoms with Crippen molar-refractivity contribution in [1.29, 1.82) is 0 Å². The Labute approximate surface area is 110 Å². The Morgan fingerprint density at radius 2 is 1.71 bits per heavy atom. The van der Waals surface area contributed by atoms with Crippen molar-refractivity contribution in [2.24, 2.45) is 5.73 Å².